The van der Waals surface area contributed by atoms with Gasteiger partial charge in [-0.1, -0.05) is 0 Å². The van der Waals surface area contributed by atoms with Gasteiger partial charge in [0.2, 0.25) is 17.7 Å². The fourth-order valence-electron chi connectivity index (χ4n) is 3.00. The Kier molecular flexibility index (Phi) is 11.9. The van der Waals surface area contributed by atoms with Crippen molar-refractivity contribution in [1.82, 2.24) is 10.2 Å². The molecule has 0 saturated carbocycles. The molecular formula is C20H31N3O8S. The number of carbonyl (C=O) groups is 6. The molecule has 0 aromatic heterocycles. The van der Waals surface area contributed by atoms with Crippen LogP contribution in [-0.2, 0) is 38.2 Å². The van der Waals surface area contributed by atoms with E-state index in [1.165, 1.54) is 7.11 Å². The molecule has 0 aromatic carbocycles. The largest absolute Gasteiger partial charge is 0.468 e. The third-order valence-electron chi connectivity index (χ3n) is 4.77. The summed E-state index contributed by atoms with van der Waals surface area (Å²) in [6, 6.07) is -1.95. The second kappa shape index (κ2) is 13.8. The van der Waals surface area contributed by atoms with E-state index in [1.54, 1.807) is 13.8 Å². The van der Waals surface area contributed by atoms with Crippen molar-refractivity contribution in [1.29, 1.82) is 0 Å². The van der Waals surface area contributed by atoms with Crippen LogP contribution >= 0.6 is 11.8 Å². The number of esters is 2. The highest BCUT2D eigenvalue weighted by atomic mass is 32.2. The molecule has 1 aliphatic heterocycles. The van der Waals surface area contributed by atoms with Crippen molar-refractivity contribution < 1.29 is 38.2 Å². The van der Waals surface area contributed by atoms with E-state index in [9.17, 15) is 28.8 Å². The van der Waals surface area contributed by atoms with Gasteiger partial charge in [0.25, 0.3) is 0 Å². The lowest BCUT2D eigenvalue weighted by molar-refractivity contribution is -0.144. The van der Waals surface area contributed by atoms with Crippen LogP contribution < -0.4 is 11.1 Å². The highest BCUT2D eigenvalue weighted by molar-refractivity contribution is 8.00. The molecule has 0 aromatic rings. The topological polar surface area (TPSA) is 162 Å². The average molecular weight is 474 g/mol. The summed E-state index contributed by atoms with van der Waals surface area (Å²) >= 11 is 1.11. The van der Waals surface area contributed by atoms with E-state index >= 15 is 0 Å². The predicted molar refractivity (Wildman–Crippen MR) is 115 cm³/mol. The number of ether oxygens (including phenoxy) is 2. The maximum atomic E-state index is 12.7. The molecule has 32 heavy (non-hydrogen) atoms. The highest BCUT2D eigenvalue weighted by Gasteiger charge is 2.38. The van der Waals surface area contributed by atoms with Gasteiger partial charge in [-0.25, -0.2) is 0 Å². The molecule has 1 saturated heterocycles. The van der Waals surface area contributed by atoms with Crippen molar-refractivity contribution in [3.63, 3.8) is 0 Å². The van der Waals surface area contributed by atoms with E-state index < -0.39 is 41.0 Å². The molecular weight excluding hydrogens is 442 g/mol. The standard InChI is InChI=1S/C20H31N3O8S/c1-4-23-17(26)10-15(19(23)28)32-11-13(14(24)7-9-18(27)31-5-2)22-16(25)8-6-12(21)20(29)30-3/h12-13,15H,4-11,21H2,1-3H3,(H,22,25)/t12-,13-,15?/m0/s1. The molecule has 3 amide bonds. The van der Waals surface area contributed by atoms with Gasteiger partial charge in [-0.2, -0.15) is 0 Å². The lowest BCUT2D eigenvalue weighted by Crippen LogP contribution is -2.44. The zero-order valence-corrected chi connectivity index (χ0v) is 19.4. The molecule has 1 rings (SSSR count). The monoisotopic (exact) mass is 473 g/mol. The van der Waals surface area contributed by atoms with E-state index in [4.69, 9.17) is 10.5 Å². The zero-order valence-electron chi connectivity index (χ0n) is 18.6. The van der Waals surface area contributed by atoms with Crippen LogP contribution in [-0.4, -0.2) is 83.7 Å². The number of thioether (sulfide) groups is 1. The Hall–Kier alpha value is -2.47. The second-order valence-electron chi connectivity index (χ2n) is 7.06. The van der Waals surface area contributed by atoms with Gasteiger partial charge in [-0.15, -0.1) is 11.8 Å². The van der Waals surface area contributed by atoms with E-state index in [2.05, 4.69) is 10.1 Å². The molecule has 0 spiro atoms. The van der Waals surface area contributed by atoms with Gasteiger partial charge in [0.15, 0.2) is 5.78 Å². The Morgan fingerprint density at radius 2 is 1.88 bits per heavy atom. The number of methoxy groups -OCH3 is 1. The van der Waals surface area contributed by atoms with Crippen LogP contribution in [0.15, 0.2) is 0 Å². The van der Waals surface area contributed by atoms with Gasteiger partial charge < -0.3 is 20.5 Å². The maximum absolute atomic E-state index is 12.7. The number of hydrogen-bond acceptors (Lipinski definition) is 10. The predicted octanol–water partition coefficient (Wildman–Crippen LogP) is -0.455. The van der Waals surface area contributed by atoms with Crippen molar-refractivity contribution in [2.45, 2.75) is 63.3 Å². The van der Waals surface area contributed by atoms with Gasteiger partial charge in [-0.3, -0.25) is 33.7 Å². The fourth-order valence-corrected chi connectivity index (χ4v) is 4.22. The number of nitrogens with zero attached hydrogens (tertiary/aromatic N) is 1. The van der Waals surface area contributed by atoms with Crippen molar-refractivity contribution in [2.24, 2.45) is 5.73 Å². The smallest absolute Gasteiger partial charge is 0.322 e. The Balaban J connectivity index is 2.73. The molecule has 1 unspecified atom stereocenters. The van der Waals surface area contributed by atoms with Gasteiger partial charge >= 0.3 is 11.9 Å². The average Bonchev–Trinajstić information content (AvgIpc) is 3.04. The minimum atomic E-state index is -0.977. The van der Waals surface area contributed by atoms with Crippen LogP contribution in [0, 0.1) is 0 Å². The minimum absolute atomic E-state index is 0.0243. The normalized spacial score (nSPS) is 17.6. The lowest BCUT2D eigenvalue weighted by atomic mass is 10.1. The van der Waals surface area contributed by atoms with Crippen LogP contribution in [0.2, 0.25) is 0 Å². The van der Waals surface area contributed by atoms with Gasteiger partial charge in [0.05, 0.1) is 31.4 Å². The summed E-state index contributed by atoms with van der Waals surface area (Å²) in [4.78, 5) is 73.3. The van der Waals surface area contributed by atoms with E-state index in [-0.39, 0.29) is 62.8 Å². The second-order valence-corrected chi connectivity index (χ2v) is 8.30. The summed E-state index contributed by atoms with van der Waals surface area (Å²) < 4.78 is 9.32. The zero-order chi connectivity index (χ0) is 24.3. The van der Waals surface area contributed by atoms with Crippen molar-refractivity contribution in [3.05, 3.63) is 0 Å². The number of ketones is 1. The molecule has 180 valence electrons. The number of nitrogens with two attached hydrogens (primary N) is 1. The molecule has 1 heterocycles. The lowest BCUT2D eigenvalue weighted by Gasteiger charge is -2.19. The van der Waals surface area contributed by atoms with Crippen LogP contribution in [0.5, 0.6) is 0 Å². The third-order valence-corrected chi connectivity index (χ3v) is 6.07. The third kappa shape index (κ3) is 8.58. The first-order valence-electron chi connectivity index (χ1n) is 10.4. The van der Waals surface area contributed by atoms with Crippen LogP contribution in [0.25, 0.3) is 0 Å². The van der Waals surface area contributed by atoms with Crippen LogP contribution in [0.1, 0.15) is 46.0 Å². The minimum Gasteiger partial charge on any atom is -0.468 e. The first-order chi connectivity index (χ1) is 15.1. The maximum Gasteiger partial charge on any atom is 0.322 e. The molecule has 3 N–H and O–H groups in total. The van der Waals surface area contributed by atoms with Gasteiger partial charge in [0.1, 0.15) is 6.04 Å². The Bertz CT molecular complexity index is 730. The van der Waals surface area contributed by atoms with Crippen molar-refractivity contribution >= 4 is 47.2 Å². The number of imide groups is 1. The van der Waals surface area contributed by atoms with Crippen LogP contribution in [0.4, 0.5) is 0 Å². The van der Waals surface area contributed by atoms with Crippen molar-refractivity contribution in [2.75, 3.05) is 26.0 Å². The molecule has 0 bridgehead atoms. The number of likely N-dealkylation sites (tertiary alicyclic amines) is 1. The molecule has 11 nitrogen and oxygen atoms in total. The summed E-state index contributed by atoms with van der Waals surface area (Å²) in [5.41, 5.74) is 5.62. The van der Waals surface area contributed by atoms with Crippen LogP contribution in [0.3, 0.4) is 0 Å². The number of hydrogen-bond donors (Lipinski definition) is 2. The first-order valence-corrected chi connectivity index (χ1v) is 11.5. The quantitative estimate of drug-likeness (QED) is 0.249. The van der Waals surface area contributed by atoms with Crippen molar-refractivity contribution in [3.8, 4) is 0 Å². The SMILES string of the molecule is CCOC(=O)CCC(=O)[C@H](CSC1CC(=O)N(CC)C1=O)NC(=O)CC[C@H](N)C(=O)OC. The van der Waals surface area contributed by atoms with E-state index in [0.717, 1.165) is 16.7 Å². The highest BCUT2D eigenvalue weighted by Crippen LogP contribution is 2.26. The van der Waals surface area contributed by atoms with Gasteiger partial charge in [-0.05, 0) is 20.3 Å². The fraction of sp³-hybridized carbons (Fsp3) is 0.700. The first kappa shape index (κ1) is 27.6. The summed E-state index contributed by atoms with van der Waals surface area (Å²) in [6.45, 7) is 3.81. The Morgan fingerprint density at radius 1 is 1.19 bits per heavy atom. The summed E-state index contributed by atoms with van der Waals surface area (Å²) in [7, 11) is 1.19. The number of amides is 3. The summed E-state index contributed by atoms with van der Waals surface area (Å²) in [6.07, 6.45) is -0.349. The van der Waals surface area contributed by atoms with Gasteiger partial charge in [0, 0.05) is 31.6 Å². The molecule has 12 heteroatoms. The van der Waals surface area contributed by atoms with E-state index in [0.29, 0.717) is 0 Å². The number of nitrogens with one attached hydrogen (secondary N) is 1. The number of Topliss-reactive ketones (excluding diaryl/α,β-unsaturated/α-hetero) is 1. The number of rotatable bonds is 14. The Morgan fingerprint density at radius 3 is 2.44 bits per heavy atom. The Labute approximate surface area is 191 Å². The molecule has 3 atom stereocenters. The molecule has 1 fully saturated rings. The molecule has 1 aliphatic rings. The number of carbonyl (C=O) groups excluding carboxylic acids is 6. The molecule has 0 radical (unpaired) electrons. The molecule has 0 aliphatic carbocycles. The van der Waals surface area contributed by atoms with E-state index in [1.807, 2.05) is 0 Å². The summed E-state index contributed by atoms with van der Waals surface area (Å²) in [5.74, 6) is -2.64. The summed E-state index contributed by atoms with van der Waals surface area (Å²) in [5, 5.41) is 1.95.